The van der Waals surface area contributed by atoms with Gasteiger partial charge in [-0.15, -0.1) is 16.7 Å². The fourth-order valence-electron chi connectivity index (χ4n) is 1.29. The quantitative estimate of drug-likeness (QED) is 0.574. The molecule has 1 N–H and O–H groups in total. The van der Waals surface area contributed by atoms with Crippen molar-refractivity contribution < 1.29 is 14.0 Å². The Bertz CT molecular complexity index is 415. The Morgan fingerprint density at radius 1 is 1.38 bits per heavy atom. The molecule has 0 radical (unpaired) electrons. The SMILES string of the molecule is CC(Cl)c1nnc(N2CC(=O)NC(=O)C2)o1. The van der Waals surface area contributed by atoms with Gasteiger partial charge in [-0.2, -0.15) is 0 Å². The minimum Gasteiger partial charge on any atom is -0.406 e. The molecule has 0 spiro atoms. The van der Waals surface area contributed by atoms with Crippen molar-refractivity contribution in [1.82, 2.24) is 15.5 Å². The van der Waals surface area contributed by atoms with Crippen LogP contribution in [0.5, 0.6) is 0 Å². The number of hydrogen-bond donors (Lipinski definition) is 1. The van der Waals surface area contributed by atoms with Crippen molar-refractivity contribution in [1.29, 1.82) is 0 Å². The first-order valence-corrected chi connectivity index (χ1v) is 5.05. The maximum absolute atomic E-state index is 11.1. The number of halogens is 1. The zero-order chi connectivity index (χ0) is 11.7. The molecule has 0 aromatic carbocycles. The number of carbonyl (C=O) groups excluding carboxylic acids is 2. The summed E-state index contributed by atoms with van der Waals surface area (Å²) in [4.78, 5) is 23.6. The van der Waals surface area contributed by atoms with Crippen LogP contribution in [0.4, 0.5) is 6.01 Å². The molecule has 0 bridgehead atoms. The molecule has 86 valence electrons. The topological polar surface area (TPSA) is 88.3 Å². The van der Waals surface area contributed by atoms with Gasteiger partial charge in [0.1, 0.15) is 18.5 Å². The second kappa shape index (κ2) is 4.09. The normalized spacial score (nSPS) is 18.5. The number of alkyl halides is 1. The molecule has 1 aliphatic heterocycles. The Labute approximate surface area is 95.8 Å². The summed E-state index contributed by atoms with van der Waals surface area (Å²) in [5.74, 6) is -0.528. The van der Waals surface area contributed by atoms with Crippen LogP contribution in [0.25, 0.3) is 0 Å². The van der Waals surface area contributed by atoms with E-state index in [1.807, 2.05) is 0 Å². The molecular formula is C8H9ClN4O3. The molecule has 1 aromatic heterocycles. The number of nitrogens with zero attached hydrogens (tertiary/aromatic N) is 3. The predicted molar refractivity (Wildman–Crippen MR) is 53.9 cm³/mol. The molecule has 1 atom stereocenters. The summed E-state index contributed by atoms with van der Waals surface area (Å²) in [6.45, 7) is 1.72. The third-order valence-corrected chi connectivity index (χ3v) is 2.18. The Morgan fingerprint density at radius 3 is 2.50 bits per heavy atom. The Hall–Kier alpha value is -1.63. The average molecular weight is 245 g/mol. The second-order valence-corrected chi connectivity index (χ2v) is 4.02. The molecule has 0 saturated carbocycles. The van der Waals surface area contributed by atoms with Gasteiger partial charge in [0.15, 0.2) is 0 Å². The molecule has 2 amide bonds. The number of anilines is 1. The minimum atomic E-state index is -0.407. The first kappa shape index (κ1) is 10.9. The predicted octanol–water partition coefficient (Wildman–Crippen LogP) is -0.168. The van der Waals surface area contributed by atoms with Crippen LogP contribution in [0.1, 0.15) is 18.2 Å². The van der Waals surface area contributed by atoms with Crippen LogP contribution in [-0.4, -0.2) is 35.1 Å². The minimum absolute atomic E-state index is 0.0179. The summed E-state index contributed by atoms with van der Waals surface area (Å²) >= 11 is 5.75. The fraction of sp³-hybridized carbons (Fsp3) is 0.500. The number of amides is 2. The van der Waals surface area contributed by atoms with Gasteiger partial charge in [0, 0.05) is 0 Å². The third-order valence-electron chi connectivity index (χ3n) is 1.99. The number of nitrogens with one attached hydrogen (secondary N) is 1. The highest BCUT2D eigenvalue weighted by molar-refractivity contribution is 6.20. The van der Waals surface area contributed by atoms with E-state index in [9.17, 15) is 9.59 Å². The van der Waals surface area contributed by atoms with Crippen LogP contribution in [0, 0.1) is 0 Å². The number of carbonyl (C=O) groups is 2. The van der Waals surface area contributed by atoms with Gasteiger partial charge in [-0.25, -0.2) is 0 Å². The van der Waals surface area contributed by atoms with Crippen molar-refractivity contribution in [2.75, 3.05) is 18.0 Å². The van der Waals surface area contributed by atoms with Crippen molar-refractivity contribution in [3.8, 4) is 0 Å². The van der Waals surface area contributed by atoms with Gasteiger partial charge in [-0.05, 0) is 6.92 Å². The molecule has 16 heavy (non-hydrogen) atoms. The zero-order valence-electron chi connectivity index (χ0n) is 8.44. The number of rotatable bonds is 2. The molecule has 1 unspecified atom stereocenters. The van der Waals surface area contributed by atoms with Crippen molar-refractivity contribution in [3.63, 3.8) is 0 Å². The Kier molecular flexibility index (Phi) is 2.78. The smallest absolute Gasteiger partial charge is 0.319 e. The molecule has 1 fully saturated rings. The fourth-order valence-corrected chi connectivity index (χ4v) is 1.38. The van der Waals surface area contributed by atoms with Gasteiger partial charge >= 0.3 is 6.01 Å². The van der Waals surface area contributed by atoms with Crippen LogP contribution >= 0.6 is 11.6 Å². The third kappa shape index (κ3) is 2.13. The van der Waals surface area contributed by atoms with Crippen LogP contribution in [0.3, 0.4) is 0 Å². The summed E-state index contributed by atoms with van der Waals surface area (Å²) in [6, 6.07) is 0.130. The lowest BCUT2D eigenvalue weighted by atomic mass is 10.4. The first-order chi connectivity index (χ1) is 7.56. The molecule has 7 nitrogen and oxygen atoms in total. The summed E-state index contributed by atoms with van der Waals surface area (Å²) in [5, 5.41) is 9.20. The van der Waals surface area contributed by atoms with E-state index in [0.717, 1.165) is 0 Å². The summed E-state index contributed by atoms with van der Waals surface area (Å²) < 4.78 is 5.22. The largest absolute Gasteiger partial charge is 0.406 e. The van der Waals surface area contributed by atoms with Crippen molar-refractivity contribution in [2.45, 2.75) is 12.3 Å². The summed E-state index contributed by atoms with van der Waals surface area (Å²) in [6.07, 6.45) is 0. The lowest BCUT2D eigenvalue weighted by Gasteiger charge is -2.22. The van der Waals surface area contributed by atoms with Gasteiger partial charge in [-0.1, -0.05) is 5.10 Å². The lowest BCUT2D eigenvalue weighted by molar-refractivity contribution is -0.130. The van der Waals surface area contributed by atoms with Gasteiger partial charge in [0.2, 0.25) is 17.7 Å². The van der Waals surface area contributed by atoms with Crippen LogP contribution < -0.4 is 10.2 Å². The monoisotopic (exact) mass is 244 g/mol. The molecular weight excluding hydrogens is 236 g/mol. The highest BCUT2D eigenvalue weighted by Crippen LogP contribution is 2.21. The van der Waals surface area contributed by atoms with Crippen molar-refractivity contribution in [3.05, 3.63) is 5.89 Å². The maximum atomic E-state index is 11.1. The summed E-state index contributed by atoms with van der Waals surface area (Å²) in [7, 11) is 0. The van der Waals surface area contributed by atoms with Gasteiger partial charge < -0.3 is 9.32 Å². The van der Waals surface area contributed by atoms with Crippen LogP contribution in [-0.2, 0) is 9.59 Å². The molecule has 8 heteroatoms. The number of imide groups is 1. The van der Waals surface area contributed by atoms with Crippen LogP contribution in [0.2, 0.25) is 0 Å². The van der Waals surface area contributed by atoms with Crippen molar-refractivity contribution in [2.24, 2.45) is 0 Å². The molecule has 0 aliphatic carbocycles. The number of aromatic nitrogens is 2. The first-order valence-electron chi connectivity index (χ1n) is 4.61. The average Bonchev–Trinajstić information content (AvgIpc) is 2.64. The van der Waals surface area contributed by atoms with E-state index in [4.69, 9.17) is 16.0 Å². The molecule has 1 aliphatic rings. The highest BCUT2D eigenvalue weighted by Gasteiger charge is 2.26. The molecule has 1 saturated heterocycles. The Balaban J connectivity index is 2.16. The summed E-state index contributed by atoms with van der Waals surface area (Å²) in [5.41, 5.74) is 0. The molecule has 1 aromatic rings. The van der Waals surface area contributed by atoms with E-state index in [2.05, 4.69) is 15.5 Å². The van der Waals surface area contributed by atoms with Gasteiger partial charge in [0.25, 0.3) is 0 Å². The molecule has 2 rings (SSSR count). The standard InChI is InChI=1S/C8H9ClN4O3/c1-4(9)7-11-12-8(16-7)13-2-5(14)10-6(15)3-13/h4H,2-3H2,1H3,(H,10,14,15). The van der Waals surface area contributed by atoms with E-state index in [-0.39, 0.29) is 25.0 Å². The maximum Gasteiger partial charge on any atom is 0.319 e. The van der Waals surface area contributed by atoms with Gasteiger partial charge in [0.05, 0.1) is 0 Å². The van der Waals surface area contributed by atoms with Crippen LogP contribution in [0.15, 0.2) is 4.42 Å². The number of piperazine rings is 1. The van der Waals surface area contributed by atoms with Crippen molar-refractivity contribution >= 4 is 29.4 Å². The Morgan fingerprint density at radius 2 is 2.00 bits per heavy atom. The van der Waals surface area contributed by atoms with E-state index in [1.54, 1.807) is 6.92 Å². The highest BCUT2D eigenvalue weighted by atomic mass is 35.5. The van der Waals surface area contributed by atoms with E-state index >= 15 is 0 Å². The van der Waals surface area contributed by atoms with E-state index in [1.165, 1.54) is 4.90 Å². The number of hydrogen-bond acceptors (Lipinski definition) is 6. The molecule has 2 heterocycles. The van der Waals surface area contributed by atoms with E-state index < -0.39 is 17.2 Å². The second-order valence-electron chi connectivity index (χ2n) is 3.37. The van der Waals surface area contributed by atoms with E-state index in [0.29, 0.717) is 0 Å². The van der Waals surface area contributed by atoms with Gasteiger partial charge in [-0.3, -0.25) is 14.9 Å². The zero-order valence-corrected chi connectivity index (χ0v) is 9.19. The lowest BCUT2D eigenvalue weighted by Crippen LogP contribution is -2.51.